The fraction of sp³-hybridized carbons (Fsp3) is 0.950. The third-order valence-corrected chi connectivity index (χ3v) is 6.24. The first-order valence-electron chi connectivity index (χ1n) is 10.2. The lowest BCUT2D eigenvalue weighted by Crippen LogP contribution is -2.44. The fourth-order valence-corrected chi connectivity index (χ4v) is 4.81. The van der Waals surface area contributed by atoms with Crippen molar-refractivity contribution >= 4 is 15.8 Å². The monoisotopic (exact) mass is 387 g/mol. The van der Waals surface area contributed by atoms with E-state index in [1.54, 1.807) is 0 Å². The third kappa shape index (κ3) is 9.24. The van der Waals surface area contributed by atoms with Crippen LogP contribution in [0.15, 0.2) is 4.99 Å². The van der Waals surface area contributed by atoms with E-state index in [0.29, 0.717) is 24.3 Å². The van der Waals surface area contributed by atoms with Crippen molar-refractivity contribution in [3.8, 4) is 0 Å². The van der Waals surface area contributed by atoms with Crippen molar-refractivity contribution in [3.05, 3.63) is 0 Å². The van der Waals surface area contributed by atoms with Gasteiger partial charge in [-0.2, -0.15) is 0 Å². The molecular formula is C20H41N3O2S. The first-order valence-corrected chi connectivity index (χ1v) is 12.2. The molecule has 1 rings (SSSR count). The topological polar surface area (TPSA) is 70.6 Å². The van der Waals surface area contributed by atoms with E-state index in [4.69, 9.17) is 4.99 Å². The zero-order valence-corrected chi connectivity index (χ0v) is 18.6. The van der Waals surface area contributed by atoms with Crippen LogP contribution in [0.2, 0.25) is 0 Å². The summed E-state index contributed by atoms with van der Waals surface area (Å²) in [6.07, 6.45) is 8.47. The Bertz CT molecular complexity index is 547. The van der Waals surface area contributed by atoms with Crippen LogP contribution in [0.4, 0.5) is 0 Å². The largest absolute Gasteiger partial charge is 0.357 e. The predicted molar refractivity (Wildman–Crippen MR) is 112 cm³/mol. The first kappa shape index (κ1) is 23.3. The van der Waals surface area contributed by atoms with Crippen LogP contribution in [-0.2, 0) is 9.84 Å². The number of nitrogens with one attached hydrogen (secondary N) is 2. The quantitative estimate of drug-likeness (QED) is 0.444. The highest BCUT2D eigenvalue weighted by atomic mass is 32.2. The molecule has 1 aliphatic rings. The van der Waals surface area contributed by atoms with E-state index in [-0.39, 0.29) is 11.2 Å². The summed E-state index contributed by atoms with van der Waals surface area (Å²) >= 11 is 0. The number of sulfone groups is 1. The van der Waals surface area contributed by atoms with Crippen molar-refractivity contribution in [2.24, 2.45) is 21.7 Å². The summed E-state index contributed by atoms with van der Waals surface area (Å²) < 4.78 is 22.9. The number of guanidine groups is 1. The van der Waals surface area contributed by atoms with Crippen LogP contribution in [0.3, 0.4) is 0 Å². The van der Waals surface area contributed by atoms with Gasteiger partial charge in [-0.1, -0.05) is 40.5 Å². The normalized spacial score (nSPS) is 18.3. The van der Waals surface area contributed by atoms with Crippen molar-refractivity contribution < 1.29 is 8.42 Å². The maximum absolute atomic E-state index is 11.4. The second kappa shape index (κ2) is 9.95. The Balaban J connectivity index is 2.67. The highest BCUT2D eigenvalue weighted by molar-refractivity contribution is 7.90. The average molecular weight is 388 g/mol. The molecule has 0 aromatic rings. The molecule has 1 aliphatic carbocycles. The Labute approximate surface area is 161 Å². The van der Waals surface area contributed by atoms with Crippen LogP contribution in [0.5, 0.6) is 0 Å². The lowest BCUT2D eigenvalue weighted by Gasteiger charge is -2.32. The molecule has 0 spiro atoms. The second-order valence-electron chi connectivity index (χ2n) is 9.40. The zero-order chi connectivity index (χ0) is 19.8. The smallest absolute Gasteiger partial charge is 0.191 e. The lowest BCUT2D eigenvalue weighted by molar-refractivity contribution is 0.234. The number of nitrogens with zero attached hydrogens (tertiary/aromatic N) is 1. The van der Waals surface area contributed by atoms with Gasteiger partial charge >= 0.3 is 0 Å². The maximum Gasteiger partial charge on any atom is 0.191 e. The summed E-state index contributed by atoms with van der Waals surface area (Å²) in [5.41, 5.74) is 0.268. The second-order valence-corrected chi connectivity index (χ2v) is 11.7. The summed E-state index contributed by atoms with van der Waals surface area (Å²) in [5.74, 6) is 1.79. The average Bonchev–Trinajstić information content (AvgIpc) is 2.96. The van der Waals surface area contributed by atoms with E-state index in [1.807, 2.05) is 0 Å². The standard InChI is InChI=1S/C20H41N3O2S/c1-7-21-18(22-15-19(4,5)12-13-26(6,24)25)23-16-20(14-17(2)3)10-8-9-11-20/h17H,7-16H2,1-6H3,(H2,21,22,23). The zero-order valence-electron chi connectivity index (χ0n) is 17.8. The van der Waals surface area contributed by atoms with Crippen LogP contribution in [0.1, 0.15) is 73.1 Å². The van der Waals surface area contributed by atoms with Gasteiger partial charge in [-0.3, -0.25) is 4.99 Å². The van der Waals surface area contributed by atoms with Gasteiger partial charge in [0.15, 0.2) is 5.96 Å². The van der Waals surface area contributed by atoms with E-state index in [0.717, 1.165) is 19.0 Å². The number of rotatable bonds is 10. The molecule has 0 radical (unpaired) electrons. The van der Waals surface area contributed by atoms with Gasteiger partial charge in [-0.15, -0.1) is 0 Å². The molecule has 26 heavy (non-hydrogen) atoms. The number of aliphatic imine (C=N–C) groups is 1. The molecule has 0 aromatic heterocycles. The fourth-order valence-electron chi connectivity index (χ4n) is 3.89. The minimum Gasteiger partial charge on any atom is -0.357 e. The molecule has 5 nitrogen and oxygen atoms in total. The Morgan fingerprint density at radius 3 is 2.31 bits per heavy atom. The Kier molecular flexibility index (Phi) is 8.90. The van der Waals surface area contributed by atoms with Gasteiger partial charge in [-0.25, -0.2) is 8.42 Å². The van der Waals surface area contributed by atoms with Crippen molar-refractivity contribution in [3.63, 3.8) is 0 Å². The van der Waals surface area contributed by atoms with Gasteiger partial charge in [-0.05, 0) is 49.4 Å². The summed E-state index contributed by atoms with van der Waals surface area (Å²) in [6, 6.07) is 0. The molecule has 2 N–H and O–H groups in total. The molecule has 0 saturated heterocycles. The van der Waals surface area contributed by atoms with Gasteiger partial charge in [0.2, 0.25) is 0 Å². The van der Waals surface area contributed by atoms with Crippen LogP contribution < -0.4 is 10.6 Å². The molecule has 1 fully saturated rings. The van der Waals surface area contributed by atoms with E-state index in [1.165, 1.54) is 38.4 Å². The van der Waals surface area contributed by atoms with Gasteiger partial charge in [0.25, 0.3) is 0 Å². The molecule has 0 atom stereocenters. The highest BCUT2D eigenvalue weighted by Gasteiger charge is 2.34. The van der Waals surface area contributed by atoms with Gasteiger partial charge in [0.1, 0.15) is 9.84 Å². The summed E-state index contributed by atoms with van der Waals surface area (Å²) in [7, 11) is -2.93. The lowest BCUT2D eigenvalue weighted by atomic mass is 9.78. The molecule has 0 amide bonds. The minimum absolute atomic E-state index is 0.131. The van der Waals surface area contributed by atoms with Crippen LogP contribution in [0, 0.1) is 16.7 Å². The van der Waals surface area contributed by atoms with Crippen molar-refractivity contribution in [1.29, 1.82) is 0 Å². The molecule has 1 saturated carbocycles. The molecule has 6 heteroatoms. The highest BCUT2D eigenvalue weighted by Crippen LogP contribution is 2.42. The number of hydrogen-bond acceptors (Lipinski definition) is 3. The molecule has 0 aromatic carbocycles. The van der Waals surface area contributed by atoms with Crippen LogP contribution >= 0.6 is 0 Å². The Morgan fingerprint density at radius 2 is 1.81 bits per heavy atom. The van der Waals surface area contributed by atoms with Gasteiger partial charge < -0.3 is 10.6 Å². The van der Waals surface area contributed by atoms with Crippen LogP contribution in [-0.4, -0.2) is 46.0 Å². The number of hydrogen-bond donors (Lipinski definition) is 2. The summed E-state index contributed by atoms with van der Waals surface area (Å²) in [5, 5.41) is 6.92. The minimum atomic E-state index is -2.93. The maximum atomic E-state index is 11.4. The van der Waals surface area contributed by atoms with Gasteiger partial charge in [0, 0.05) is 25.9 Å². The third-order valence-electron chi connectivity index (χ3n) is 5.30. The van der Waals surface area contributed by atoms with E-state index in [9.17, 15) is 8.42 Å². The van der Waals surface area contributed by atoms with E-state index < -0.39 is 9.84 Å². The summed E-state index contributed by atoms with van der Waals surface area (Å²) in [4.78, 5) is 4.76. The SMILES string of the molecule is CCNC(=NCC(C)(C)CCS(C)(=O)=O)NCC1(CC(C)C)CCCC1. The van der Waals surface area contributed by atoms with Crippen molar-refractivity contribution in [2.45, 2.75) is 73.1 Å². The molecule has 0 bridgehead atoms. The van der Waals surface area contributed by atoms with Gasteiger partial charge in [0.05, 0.1) is 5.75 Å². The Morgan fingerprint density at radius 1 is 1.19 bits per heavy atom. The molecule has 0 unspecified atom stereocenters. The van der Waals surface area contributed by atoms with Crippen molar-refractivity contribution in [1.82, 2.24) is 10.6 Å². The van der Waals surface area contributed by atoms with Crippen molar-refractivity contribution in [2.75, 3.05) is 31.6 Å². The predicted octanol–water partition coefficient (Wildman–Crippen LogP) is 3.61. The molecule has 154 valence electrons. The van der Waals surface area contributed by atoms with Crippen LogP contribution in [0.25, 0.3) is 0 Å². The first-order chi connectivity index (χ1) is 12.0. The molecule has 0 heterocycles. The molecule has 0 aliphatic heterocycles. The summed E-state index contributed by atoms with van der Waals surface area (Å²) in [6.45, 7) is 13.3. The van der Waals surface area contributed by atoms with E-state index >= 15 is 0 Å². The molecular weight excluding hydrogens is 346 g/mol. The Hall–Kier alpha value is -0.780. The van der Waals surface area contributed by atoms with E-state index in [2.05, 4.69) is 45.3 Å².